The Labute approximate surface area is 104 Å². The first-order valence-corrected chi connectivity index (χ1v) is 5.54. The van der Waals surface area contributed by atoms with Crippen LogP contribution in [0.15, 0.2) is 42.5 Å². The molecular formula is C14H13F2NO. The van der Waals surface area contributed by atoms with Gasteiger partial charge in [-0.15, -0.1) is 0 Å². The summed E-state index contributed by atoms with van der Waals surface area (Å²) in [5.74, 6) is 0.00589. The highest BCUT2D eigenvalue weighted by molar-refractivity contribution is 5.39. The normalized spacial score (nSPS) is 12.2. The van der Waals surface area contributed by atoms with Crippen LogP contribution < -0.4 is 10.5 Å². The molecule has 0 aromatic heterocycles. The second-order valence-corrected chi connectivity index (χ2v) is 4.03. The highest BCUT2D eigenvalue weighted by Gasteiger charge is 2.10. The lowest BCUT2D eigenvalue weighted by Gasteiger charge is -2.13. The first kappa shape index (κ1) is 12.5. The molecule has 0 spiro atoms. The lowest BCUT2D eigenvalue weighted by molar-refractivity contribution is 0.464. The molecule has 94 valence electrons. The molecule has 0 fully saturated rings. The van der Waals surface area contributed by atoms with Crippen LogP contribution in [-0.4, -0.2) is 0 Å². The van der Waals surface area contributed by atoms with Gasteiger partial charge < -0.3 is 10.5 Å². The Hall–Kier alpha value is -1.94. The molecule has 0 radical (unpaired) electrons. The Morgan fingerprint density at radius 1 is 1.06 bits per heavy atom. The summed E-state index contributed by atoms with van der Waals surface area (Å²) in [6.07, 6.45) is 0. The average Bonchev–Trinajstić information content (AvgIpc) is 2.31. The van der Waals surface area contributed by atoms with Crippen LogP contribution in [0.1, 0.15) is 18.5 Å². The maximum absolute atomic E-state index is 13.1. The maximum atomic E-state index is 13.1. The molecular weight excluding hydrogens is 236 g/mol. The third-order valence-electron chi connectivity index (χ3n) is 2.49. The summed E-state index contributed by atoms with van der Waals surface area (Å²) < 4.78 is 31.7. The summed E-state index contributed by atoms with van der Waals surface area (Å²) in [7, 11) is 0. The third kappa shape index (κ3) is 2.84. The minimum atomic E-state index is -0.392. The molecule has 4 heteroatoms. The third-order valence-corrected chi connectivity index (χ3v) is 2.49. The van der Waals surface area contributed by atoms with Gasteiger partial charge in [0.25, 0.3) is 0 Å². The van der Waals surface area contributed by atoms with Crippen molar-refractivity contribution in [3.63, 3.8) is 0 Å². The minimum absolute atomic E-state index is 0.350. The summed E-state index contributed by atoms with van der Waals surface area (Å²) in [5.41, 5.74) is 6.29. The number of rotatable bonds is 3. The summed E-state index contributed by atoms with van der Waals surface area (Å²) in [6.45, 7) is 1.73. The zero-order valence-corrected chi connectivity index (χ0v) is 9.86. The number of halogens is 2. The van der Waals surface area contributed by atoms with Crippen molar-refractivity contribution in [2.75, 3.05) is 0 Å². The maximum Gasteiger partial charge on any atom is 0.132 e. The fourth-order valence-electron chi connectivity index (χ4n) is 1.63. The van der Waals surface area contributed by atoms with E-state index in [2.05, 4.69) is 0 Å². The predicted molar refractivity (Wildman–Crippen MR) is 65.5 cm³/mol. The SMILES string of the molecule is C[C@H](N)c1cc(F)ccc1Oc1cccc(F)c1. The van der Waals surface area contributed by atoms with Gasteiger partial charge in [-0.05, 0) is 37.3 Å². The van der Waals surface area contributed by atoms with Gasteiger partial charge >= 0.3 is 0 Å². The van der Waals surface area contributed by atoms with E-state index in [4.69, 9.17) is 10.5 Å². The fourth-order valence-corrected chi connectivity index (χ4v) is 1.63. The topological polar surface area (TPSA) is 35.2 Å². The number of benzene rings is 2. The molecule has 0 bridgehead atoms. The molecule has 2 rings (SSSR count). The van der Waals surface area contributed by atoms with Crippen molar-refractivity contribution in [2.24, 2.45) is 5.73 Å². The van der Waals surface area contributed by atoms with Crippen molar-refractivity contribution in [3.8, 4) is 11.5 Å². The molecule has 2 aromatic rings. The highest BCUT2D eigenvalue weighted by Crippen LogP contribution is 2.29. The van der Waals surface area contributed by atoms with Crippen LogP contribution in [0.5, 0.6) is 11.5 Å². The van der Waals surface area contributed by atoms with E-state index in [1.54, 1.807) is 19.1 Å². The van der Waals surface area contributed by atoms with Crippen molar-refractivity contribution >= 4 is 0 Å². The fraction of sp³-hybridized carbons (Fsp3) is 0.143. The van der Waals surface area contributed by atoms with Gasteiger partial charge in [-0.25, -0.2) is 8.78 Å². The van der Waals surface area contributed by atoms with Crippen molar-refractivity contribution in [1.82, 2.24) is 0 Å². The number of hydrogen-bond donors (Lipinski definition) is 1. The van der Waals surface area contributed by atoms with Crippen LogP contribution in [0.4, 0.5) is 8.78 Å². The Bertz CT molecular complexity index is 555. The molecule has 0 aliphatic carbocycles. The lowest BCUT2D eigenvalue weighted by atomic mass is 10.1. The van der Waals surface area contributed by atoms with Gasteiger partial charge in [0, 0.05) is 17.7 Å². The van der Waals surface area contributed by atoms with Gasteiger partial charge in [0.05, 0.1) is 0 Å². The minimum Gasteiger partial charge on any atom is -0.457 e. The highest BCUT2D eigenvalue weighted by atomic mass is 19.1. The van der Waals surface area contributed by atoms with Gasteiger partial charge in [0.2, 0.25) is 0 Å². The first-order valence-electron chi connectivity index (χ1n) is 5.54. The van der Waals surface area contributed by atoms with E-state index in [0.717, 1.165) is 0 Å². The largest absolute Gasteiger partial charge is 0.457 e. The number of hydrogen-bond acceptors (Lipinski definition) is 2. The van der Waals surface area contributed by atoms with Crippen LogP contribution in [0.2, 0.25) is 0 Å². The molecule has 0 heterocycles. The number of ether oxygens (including phenoxy) is 1. The van der Waals surface area contributed by atoms with Crippen molar-refractivity contribution < 1.29 is 13.5 Å². The van der Waals surface area contributed by atoms with Gasteiger partial charge in [0.1, 0.15) is 23.1 Å². The average molecular weight is 249 g/mol. The number of nitrogens with two attached hydrogens (primary N) is 1. The molecule has 0 saturated carbocycles. The smallest absolute Gasteiger partial charge is 0.132 e. The Balaban J connectivity index is 2.34. The molecule has 18 heavy (non-hydrogen) atoms. The van der Waals surface area contributed by atoms with Crippen LogP contribution in [0, 0.1) is 11.6 Å². The van der Waals surface area contributed by atoms with E-state index < -0.39 is 5.82 Å². The standard InChI is InChI=1S/C14H13F2NO/c1-9(17)13-8-11(16)5-6-14(13)18-12-4-2-3-10(15)7-12/h2-9H,17H2,1H3/t9-/m0/s1. The van der Waals surface area contributed by atoms with Gasteiger partial charge in [-0.2, -0.15) is 0 Å². The van der Waals surface area contributed by atoms with Crippen molar-refractivity contribution in [1.29, 1.82) is 0 Å². The van der Waals surface area contributed by atoms with E-state index in [0.29, 0.717) is 17.1 Å². The molecule has 2 nitrogen and oxygen atoms in total. The molecule has 0 aliphatic heterocycles. The van der Waals surface area contributed by atoms with Gasteiger partial charge in [0.15, 0.2) is 0 Å². The van der Waals surface area contributed by atoms with Crippen LogP contribution >= 0.6 is 0 Å². The molecule has 0 aliphatic rings. The van der Waals surface area contributed by atoms with Gasteiger partial charge in [-0.3, -0.25) is 0 Å². The van der Waals surface area contributed by atoms with Crippen LogP contribution in [0.3, 0.4) is 0 Å². The quantitative estimate of drug-likeness (QED) is 0.898. The molecule has 2 aromatic carbocycles. The van der Waals surface area contributed by atoms with E-state index in [1.165, 1.54) is 30.3 Å². The second kappa shape index (κ2) is 5.14. The summed E-state index contributed by atoms with van der Waals surface area (Å²) in [6, 6.07) is 9.46. The monoisotopic (exact) mass is 249 g/mol. The van der Waals surface area contributed by atoms with Gasteiger partial charge in [-0.1, -0.05) is 6.07 Å². The molecule has 2 N–H and O–H groups in total. The molecule has 0 unspecified atom stereocenters. The second-order valence-electron chi connectivity index (χ2n) is 4.03. The van der Waals surface area contributed by atoms with E-state index in [1.807, 2.05) is 0 Å². The van der Waals surface area contributed by atoms with Crippen LogP contribution in [0.25, 0.3) is 0 Å². The summed E-state index contributed by atoms with van der Waals surface area (Å²) in [4.78, 5) is 0. The Morgan fingerprint density at radius 2 is 1.78 bits per heavy atom. The molecule has 1 atom stereocenters. The van der Waals surface area contributed by atoms with E-state index in [9.17, 15) is 8.78 Å². The summed E-state index contributed by atoms with van der Waals surface area (Å²) >= 11 is 0. The predicted octanol–water partition coefficient (Wildman–Crippen LogP) is 3.78. The van der Waals surface area contributed by atoms with Crippen LogP contribution in [-0.2, 0) is 0 Å². The lowest BCUT2D eigenvalue weighted by Crippen LogP contribution is -2.07. The Kier molecular flexibility index (Phi) is 3.58. The molecule has 0 amide bonds. The molecule has 0 saturated heterocycles. The van der Waals surface area contributed by atoms with E-state index in [-0.39, 0.29) is 11.9 Å². The van der Waals surface area contributed by atoms with Crippen molar-refractivity contribution in [2.45, 2.75) is 13.0 Å². The van der Waals surface area contributed by atoms with Crippen molar-refractivity contribution in [3.05, 3.63) is 59.7 Å². The summed E-state index contributed by atoms with van der Waals surface area (Å²) in [5, 5.41) is 0. The zero-order chi connectivity index (χ0) is 13.1. The Morgan fingerprint density at radius 3 is 2.44 bits per heavy atom. The first-order chi connectivity index (χ1) is 8.56. The van der Waals surface area contributed by atoms with E-state index >= 15 is 0 Å². The zero-order valence-electron chi connectivity index (χ0n) is 9.86.